The van der Waals surface area contributed by atoms with E-state index in [0.29, 0.717) is 5.56 Å². The highest BCUT2D eigenvalue weighted by Crippen LogP contribution is 2.23. The molecule has 0 amide bonds. The van der Waals surface area contributed by atoms with Crippen LogP contribution in [-0.4, -0.2) is 21.2 Å². The summed E-state index contributed by atoms with van der Waals surface area (Å²) >= 11 is 0. The highest BCUT2D eigenvalue weighted by Gasteiger charge is 2.11. The zero-order chi connectivity index (χ0) is 13.1. The van der Waals surface area contributed by atoms with E-state index in [1.54, 1.807) is 18.2 Å². The Labute approximate surface area is 104 Å². The zero-order valence-corrected chi connectivity index (χ0v) is 9.50. The second-order valence-electron chi connectivity index (χ2n) is 3.82. The number of pyridine rings is 1. The Hall–Kier alpha value is -2.40. The molecule has 0 fully saturated rings. The van der Waals surface area contributed by atoms with Gasteiger partial charge < -0.3 is 15.9 Å². The summed E-state index contributed by atoms with van der Waals surface area (Å²) in [6, 6.07) is 8.64. The van der Waals surface area contributed by atoms with E-state index in [1.807, 2.05) is 6.07 Å². The van der Waals surface area contributed by atoms with E-state index in [2.05, 4.69) is 4.98 Å². The minimum absolute atomic E-state index is 0.00966. The molecule has 0 saturated heterocycles. The van der Waals surface area contributed by atoms with Crippen LogP contribution in [0.25, 0.3) is 11.1 Å². The van der Waals surface area contributed by atoms with Crippen molar-refractivity contribution in [1.82, 2.24) is 4.98 Å². The van der Waals surface area contributed by atoms with E-state index in [9.17, 15) is 4.79 Å². The third-order valence-electron chi connectivity index (χ3n) is 2.59. The molecule has 1 aromatic heterocycles. The first-order valence-corrected chi connectivity index (χ1v) is 5.31. The number of anilines is 1. The van der Waals surface area contributed by atoms with Gasteiger partial charge in [-0.15, -0.1) is 0 Å². The lowest BCUT2D eigenvalue weighted by molar-refractivity contribution is 0.0697. The maximum absolute atomic E-state index is 11.0. The summed E-state index contributed by atoms with van der Waals surface area (Å²) in [4.78, 5) is 14.8. The van der Waals surface area contributed by atoms with Crippen LogP contribution in [-0.2, 0) is 6.61 Å². The number of aliphatic hydroxyl groups is 1. The van der Waals surface area contributed by atoms with Gasteiger partial charge in [0.25, 0.3) is 0 Å². The monoisotopic (exact) mass is 244 g/mol. The number of aliphatic hydroxyl groups excluding tert-OH is 1. The molecule has 2 rings (SSSR count). The van der Waals surface area contributed by atoms with Gasteiger partial charge in [0, 0.05) is 11.8 Å². The van der Waals surface area contributed by atoms with Gasteiger partial charge in [0.15, 0.2) is 0 Å². The molecule has 2 aromatic rings. The number of carbonyl (C=O) groups is 1. The third-order valence-corrected chi connectivity index (χ3v) is 2.59. The van der Waals surface area contributed by atoms with Crippen LogP contribution in [0.5, 0.6) is 0 Å². The van der Waals surface area contributed by atoms with Crippen molar-refractivity contribution in [1.29, 1.82) is 0 Å². The lowest BCUT2D eigenvalue weighted by Gasteiger charge is -2.06. The second-order valence-corrected chi connectivity index (χ2v) is 3.82. The van der Waals surface area contributed by atoms with Crippen LogP contribution in [0.3, 0.4) is 0 Å². The van der Waals surface area contributed by atoms with Gasteiger partial charge in [0.2, 0.25) is 0 Å². The van der Waals surface area contributed by atoms with Gasteiger partial charge in [-0.05, 0) is 23.3 Å². The predicted molar refractivity (Wildman–Crippen MR) is 67.0 cm³/mol. The summed E-state index contributed by atoms with van der Waals surface area (Å²) in [5, 5.41) is 18.0. The number of nitrogen functional groups attached to an aromatic ring is 1. The van der Waals surface area contributed by atoms with Crippen LogP contribution in [0, 0.1) is 0 Å². The maximum atomic E-state index is 11.0. The maximum Gasteiger partial charge on any atom is 0.339 e. The quantitative estimate of drug-likeness (QED) is 0.760. The van der Waals surface area contributed by atoms with Crippen LogP contribution in [0.15, 0.2) is 36.5 Å². The van der Waals surface area contributed by atoms with Gasteiger partial charge in [0.1, 0.15) is 11.4 Å². The predicted octanol–water partition coefficient (Wildman–Crippen LogP) is 1.52. The summed E-state index contributed by atoms with van der Waals surface area (Å²) in [6.45, 7) is -0.0674. The molecule has 0 radical (unpaired) electrons. The van der Waals surface area contributed by atoms with Crippen LogP contribution in [0.2, 0.25) is 0 Å². The topological polar surface area (TPSA) is 96.4 Å². The molecule has 0 atom stereocenters. The van der Waals surface area contributed by atoms with Crippen LogP contribution in [0.4, 0.5) is 5.82 Å². The zero-order valence-electron chi connectivity index (χ0n) is 9.50. The molecule has 5 nitrogen and oxygen atoms in total. The smallest absolute Gasteiger partial charge is 0.339 e. The number of nitrogens with zero attached hydrogens (tertiary/aromatic N) is 1. The Morgan fingerprint density at radius 2 is 2.06 bits per heavy atom. The highest BCUT2D eigenvalue weighted by molar-refractivity contribution is 5.94. The van der Waals surface area contributed by atoms with Crippen LogP contribution < -0.4 is 5.73 Å². The second kappa shape index (κ2) is 4.85. The van der Waals surface area contributed by atoms with E-state index in [0.717, 1.165) is 11.1 Å². The molecule has 1 aromatic carbocycles. The van der Waals surface area contributed by atoms with Crippen molar-refractivity contribution in [2.75, 3.05) is 5.73 Å². The molecular formula is C13H12N2O3. The Balaban J connectivity index is 2.50. The van der Waals surface area contributed by atoms with E-state index in [1.165, 1.54) is 12.3 Å². The third kappa shape index (κ3) is 2.31. The summed E-state index contributed by atoms with van der Waals surface area (Å²) in [5.41, 5.74) is 7.66. The van der Waals surface area contributed by atoms with Gasteiger partial charge in [-0.25, -0.2) is 9.78 Å². The molecule has 18 heavy (non-hydrogen) atoms. The van der Waals surface area contributed by atoms with Gasteiger partial charge in [-0.1, -0.05) is 18.2 Å². The number of hydrogen-bond acceptors (Lipinski definition) is 4. The van der Waals surface area contributed by atoms with Gasteiger partial charge in [0.05, 0.1) is 6.61 Å². The van der Waals surface area contributed by atoms with E-state index >= 15 is 0 Å². The van der Waals surface area contributed by atoms with Crippen molar-refractivity contribution in [2.24, 2.45) is 0 Å². The standard InChI is InChI=1S/C13H12N2O3/c14-12-11(13(17)18)5-10(6-15-12)9-3-1-2-8(4-9)7-16/h1-6,16H,7H2,(H2,14,15)(H,17,18). The molecular weight excluding hydrogens is 232 g/mol. The first kappa shape index (κ1) is 12.1. The van der Waals surface area contributed by atoms with E-state index in [-0.39, 0.29) is 18.0 Å². The minimum Gasteiger partial charge on any atom is -0.478 e. The molecule has 1 heterocycles. The number of rotatable bonds is 3. The van der Waals surface area contributed by atoms with Crippen molar-refractivity contribution in [3.63, 3.8) is 0 Å². The van der Waals surface area contributed by atoms with Crippen molar-refractivity contribution < 1.29 is 15.0 Å². The number of nitrogens with two attached hydrogens (primary N) is 1. The van der Waals surface area contributed by atoms with Crippen molar-refractivity contribution in [3.05, 3.63) is 47.7 Å². The van der Waals surface area contributed by atoms with Crippen LogP contribution >= 0.6 is 0 Å². The van der Waals surface area contributed by atoms with Crippen LogP contribution in [0.1, 0.15) is 15.9 Å². The Morgan fingerprint density at radius 1 is 1.28 bits per heavy atom. The molecule has 5 heteroatoms. The van der Waals surface area contributed by atoms with Gasteiger partial charge in [-0.3, -0.25) is 0 Å². The molecule has 0 aliphatic rings. The molecule has 0 spiro atoms. The number of carboxylic acid groups (broad SMARTS) is 1. The molecule has 0 aliphatic carbocycles. The summed E-state index contributed by atoms with van der Waals surface area (Å²) < 4.78 is 0. The fourth-order valence-corrected chi connectivity index (χ4v) is 1.65. The number of aromatic nitrogens is 1. The average molecular weight is 244 g/mol. The number of carboxylic acids is 1. The number of hydrogen-bond donors (Lipinski definition) is 3. The molecule has 0 aliphatic heterocycles. The first-order chi connectivity index (χ1) is 8.61. The fourth-order valence-electron chi connectivity index (χ4n) is 1.65. The van der Waals surface area contributed by atoms with E-state index < -0.39 is 5.97 Å². The molecule has 92 valence electrons. The fraction of sp³-hybridized carbons (Fsp3) is 0.0769. The molecule has 0 unspecified atom stereocenters. The number of benzene rings is 1. The lowest BCUT2D eigenvalue weighted by Crippen LogP contribution is -2.04. The summed E-state index contributed by atoms with van der Waals surface area (Å²) in [6.07, 6.45) is 1.51. The summed E-state index contributed by atoms with van der Waals surface area (Å²) in [5.74, 6) is -1.12. The SMILES string of the molecule is Nc1ncc(-c2cccc(CO)c2)cc1C(=O)O. The number of aromatic carboxylic acids is 1. The lowest BCUT2D eigenvalue weighted by atomic mass is 10.0. The molecule has 0 bridgehead atoms. The van der Waals surface area contributed by atoms with Crippen molar-refractivity contribution in [2.45, 2.75) is 6.61 Å². The highest BCUT2D eigenvalue weighted by atomic mass is 16.4. The average Bonchev–Trinajstić information content (AvgIpc) is 2.39. The Kier molecular flexibility index (Phi) is 3.25. The Bertz CT molecular complexity index is 597. The largest absolute Gasteiger partial charge is 0.478 e. The van der Waals surface area contributed by atoms with Crippen molar-refractivity contribution >= 4 is 11.8 Å². The van der Waals surface area contributed by atoms with Crippen molar-refractivity contribution in [3.8, 4) is 11.1 Å². The van der Waals surface area contributed by atoms with E-state index in [4.69, 9.17) is 15.9 Å². The normalized spacial score (nSPS) is 10.3. The first-order valence-electron chi connectivity index (χ1n) is 5.31. The van der Waals surface area contributed by atoms with Gasteiger partial charge in [-0.2, -0.15) is 0 Å². The Morgan fingerprint density at radius 3 is 2.72 bits per heavy atom. The molecule has 4 N–H and O–H groups in total. The van der Waals surface area contributed by atoms with Gasteiger partial charge >= 0.3 is 5.97 Å². The molecule has 0 saturated carbocycles. The minimum atomic E-state index is -1.11. The summed E-state index contributed by atoms with van der Waals surface area (Å²) in [7, 11) is 0.